The maximum atomic E-state index is 12.2. The van der Waals surface area contributed by atoms with Crippen molar-refractivity contribution >= 4 is 45.1 Å². The first-order valence-corrected chi connectivity index (χ1v) is 7.02. The number of carbonyl (C=O) groups is 2. The van der Waals surface area contributed by atoms with Crippen molar-refractivity contribution in [2.24, 2.45) is 0 Å². The van der Waals surface area contributed by atoms with E-state index < -0.39 is 5.97 Å². The zero-order valence-electron chi connectivity index (χ0n) is 10.9. The first-order chi connectivity index (χ1) is 9.86. The summed E-state index contributed by atoms with van der Waals surface area (Å²) < 4.78 is 0.479. The van der Waals surface area contributed by atoms with Crippen LogP contribution in [-0.2, 0) is 0 Å². The van der Waals surface area contributed by atoms with E-state index in [0.717, 1.165) is 0 Å². The number of hydrogen-bond acceptors (Lipinski definition) is 3. The Morgan fingerprint density at radius 3 is 2.52 bits per heavy atom. The lowest BCUT2D eigenvalue weighted by Crippen LogP contribution is -2.13. The van der Waals surface area contributed by atoms with Crippen molar-refractivity contribution in [3.05, 3.63) is 56.8 Å². The normalized spacial score (nSPS) is 10.2. The van der Waals surface area contributed by atoms with E-state index in [1.54, 1.807) is 13.0 Å². The number of pyridine rings is 1. The molecule has 0 fully saturated rings. The Balaban J connectivity index is 2.25. The van der Waals surface area contributed by atoms with Crippen molar-refractivity contribution < 1.29 is 14.7 Å². The molecule has 0 saturated heterocycles. The Kier molecular flexibility index (Phi) is 4.59. The number of carboxylic acid groups (broad SMARTS) is 1. The summed E-state index contributed by atoms with van der Waals surface area (Å²) in [7, 11) is 0. The molecule has 21 heavy (non-hydrogen) atoms. The van der Waals surface area contributed by atoms with E-state index in [0.29, 0.717) is 21.4 Å². The van der Waals surface area contributed by atoms with E-state index in [1.165, 1.54) is 24.3 Å². The van der Waals surface area contributed by atoms with Gasteiger partial charge >= 0.3 is 5.97 Å². The fourth-order valence-electron chi connectivity index (χ4n) is 1.70. The Bertz CT molecular complexity index is 714. The smallest absolute Gasteiger partial charge is 0.335 e. The molecule has 0 aliphatic carbocycles. The largest absolute Gasteiger partial charge is 0.478 e. The van der Waals surface area contributed by atoms with E-state index in [-0.39, 0.29) is 16.6 Å². The molecule has 2 rings (SSSR count). The molecule has 0 saturated carbocycles. The van der Waals surface area contributed by atoms with Gasteiger partial charge in [0.2, 0.25) is 0 Å². The highest BCUT2D eigenvalue weighted by Crippen LogP contribution is 2.24. The van der Waals surface area contributed by atoms with E-state index in [1.807, 2.05) is 0 Å². The second-order valence-corrected chi connectivity index (χ2v) is 5.52. The minimum absolute atomic E-state index is 0.127. The number of benzene rings is 1. The average Bonchev–Trinajstić information content (AvgIpc) is 2.39. The molecule has 2 N–H and O–H groups in total. The van der Waals surface area contributed by atoms with Crippen LogP contribution in [-0.4, -0.2) is 22.0 Å². The summed E-state index contributed by atoms with van der Waals surface area (Å²) in [5.74, 6) is -1.39. The van der Waals surface area contributed by atoms with Crippen molar-refractivity contribution in [1.82, 2.24) is 4.98 Å². The van der Waals surface area contributed by atoms with Gasteiger partial charge in [0, 0.05) is 15.7 Å². The summed E-state index contributed by atoms with van der Waals surface area (Å²) in [6.45, 7) is 1.74. The van der Waals surface area contributed by atoms with Gasteiger partial charge in [0.05, 0.1) is 11.3 Å². The molecule has 1 heterocycles. The second kappa shape index (κ2) is 6.24. The van der Waals surface area contributed by atoms with Crippen LogP contribution in [0, 0.1) is 6.92 Å². The Morgan fingerprint density at radius 2 is 1.95 bits per heavy atom. The number of nitrogens with zero attached hydrogens (tertiary/aromatic N) is 1. The van der Waals surface area contributed by atoms with Gasteiger partial charge in [0.1, 0.15) is 5.15 Å². The topological polar surface area (TPSA) is 79.3 Å². The Labute approximate surface area is 134 Å². The lowest BCUT2D eigenvalue weighted by molar-refractivity contribution is 0.0696. The van der Waals surface area contributed by atoms with Gasteiger partial charge in [-0.2, -0.15) is 0 Å². The molecule has 0 unspecified atom stereocenters. The Morgan fingerprint density at radius 1 is 1.24 bits per heavy atom. The predicted octanol–water partition coefficient (Wildman–Crippen LogP) is 3.76. The van der Waals surface area contributed by atoms with Gasteiger partial charge in [-0.3, -0.25) is 4.79 Å². The molecule has 1 amide bonds. The molecular formula is C14H10BrClN2O3. The highest BCUT2D eigenvalue weighted by molar-refractivity contribution is 9.10. The number of carbonyl (C=O) groups excluding carboxylic acids is 1. The first-order valence-electron chi connectivity index (χ1n) is 5.85. The molecule has 0 aliphatic heterocycles. The van der Waals surface area contributed by atoms with Crippen LogP contribution >= 0.6 is 27.5 Å². The number of aromatic carboxylic acids is 1. The molecule has 0 aliphatic rings. The van der Waals surface area contributed by atoms with Gasteiger partial charge in [0.15, 0.2) is 0 Å². The summed E-state index contributed by atoms with van der Waals surface area (Å²) >= 11 is 9.05. The molecule has 1 aromatic carbocycles. The van der Waals surface area contributed by atoms with Crippen LogP contribution in [0.4, 0.5) is 5.69 Å². The number of halogens is 2. The first kappa shape index (κ1) is 15.5. The fraction of sp³-hybridized carbons (Fsp3) is 0.0714. The SMILES string of the molecule is Cc1cc(C(=O)Nc2ccc(C(=O)O)cc2Br)cc(Cl)n1. The average molecular weight is 370 g/mol. The van der Waals surface area contributed by atoms with Gasteiger partial charge in [-0.05, 0) is 53.2 Å². The zero-order valence-corrected chi connectivity index (χ0v) is 13.2. The van der Waals surface area contributed by atoms with Crippen LogP contribution in [0.3, 0.4) is 0 Å². The molecule has 5 nitrogen and oxygen atoms in total. The van der Waals surface area contributed by atoms with Gasteiger partial charge in [-0.15, -0.1) is 0 Å². The number of anilines is 1. The van der Waals surface area contributed by atoms with E-state index in [9.17, 15) is 9.59 Å². The quantitative estimate of drug-likeness (QED) is 0.808. The lowest BCUT2D eigenvalue weighted by Gasteiger charge is -2.09. The number of rotatable bonds is 3. The van der Waals surface area contributed by atoms with Crippen molar-refractivity contribution in [3.8, 4) is 0 Å². The molecule has 0 atom stereocenters. The van der Waals surface area contributed by atoms with Gasteiger partial charge in [0.25, 0.3) is 5.91 Å². The lowest BCUT2D eigenvalue weighted by atomic mass is 10.2. The molecule has 108 valence electrons. The molecular weight excluding hydrogens is 360 g/mol. The maximum Gasteiger partial charge on any atom is 0.335 e. The molecule has 1 aromatic heterocycles. The second-order valence-electron chi connectivity index (χ2n) is 4.27. The minimum atomic E-state index is -1.04. The monoisotopic (exact) mass is 368 g/mol. The van der Waals surface area contributed by atoms with Crippen LogP contribution in [0.25, 0.3) is 0 Å². The number of amides is 1. The van der Waals surface area contributed by atoms with Gasteiger partial charge in [-0.25, -0.2) is 9.78 Å². The van der Waals surface area contributed by atoms with Crippen LogP contribution in [0.5, 0.6) is 0 Å². The van der Waals surface area contributed by atoms with Crippen molar-refractivity contribution in [2.45, 2.75) is 6.92 Å². The van der Waals surface area contributed by atoms with Crippen LogP contribution < -0.4 is 5.32 Å². The molecule has 2 aromatic rings. The number of aryl methyl sites for hydroxylation is 1. The third-order valence-electron chi connectivity index (χ3n) is 2.65. The maximum absolute atomic E-state index is 12.2. The predicted molar refractivity (Wildman–Crippen MR) is 83.0 cm³/mol. The van der Waals surface area contributed by atoms with Gasteiger partial charge < -0.3 is 10.4 Å². The number of hydrogen-bond donors (Lipinski definition) is 2. The fourth-order valence-corrected chi connectivity index (χ4v) is 2.43. The van der Waals surface area contributed by atoms with Crippen molar-refractivity contribution in [3.63, 3.8) is 0 Å². The minimum Gasteiger partial charge on any atom is -0.478 e. The number of carboxylic acids is 1. The highest BCUT2D eigenvalue weighted by atomic mass is 79.9. The standard InChI is InChI=1S/C14H10BrClN2O3/c1-7-4-9(6-12(16)17-7)13(19)18-11-3-2-8(14(20)21)5-10(11)15/h2-6H,1H3,(H,18,19)(H,20,21). The third kappa shape index (κ3) is 3.80. The van der Waals surface area contributed by atoms with Crippen molar-refractivity contribution in [2.75, 3.05) is 5.32 Å². The third-order valence-corrected chi connectivity index (χ3v) is 3.50. The molecule has 0 spiro atoms. The molecule has 7 heteroatoms. The Hall–Kier alpha value is -1.92. The van der Waals surface area contributed by atoms with E-state index in [4.69, 9.17) is 16.7 Å². The number of aromatic nitrogens is 1. The van der Waals surface area contributed by atoms with Crippen LogP contribution in [0.15, 0.2) is 34.8 Å². The summed E-state index contributed by atoms with van der Waals surface area (Å²) in [5, 5.41) is 11.8. The summed E-state index contributed by atoms with van der Waals surface area (Å²) in [4.78, 5) is 27.0. The van der Waals surface area contributed by atoms with E-state index >= 15 is 0 Å². The molecule has 0 radical (unpaired) electrons. The van der Waals surface area contributed by atoms with Crippen molar-refractivity contribution in [1.29, 1.82) is 0 Å². The number of nitrogens with one attached hydrogen (secondary N) is 1. The molecule has 0 bridgehead atoms. The zero-order chi connectivity index (χ0) is 15.6. The van der Waals surface area contributed by atoms with Crippen LogP contribution in [0.1, 0.15) is 26.4 Å². The van der Waals surface area contributed by atoms with E-state index in [2.05, 4.69) is 26.2 Å². The summed E-state index contributed by atoms with van der Waals surface area (Å²) in [6.07, 6.45) is 0. The summed E-state index contributed by atoms with van der Waals surface area (Å²) in [5.41, 5.74) is 1.60. The highest BCUT2D eigenvalue weighted by Gasteiger charge is 2.12. The summed E-state index contributed by atoms with van der Waals surface area (Å²) in [6, 6.07) is 7.42. The van der Waals surface area contributed by atoms with Gasteiger partial charge in [-0.1, -0.05) is 11.6 Å². The van der Waals surface area contributed by atoms with Crippen LogP contribution in [0.2, 0.25) is 5.15 Å².